The third-order valence-electron chi connectivity index (χ3n) is 1.82. The number of aromatic hydroxyl groups is 1. The first kappa shape index (κ1) is 9.92. The number of alkyl halides is 2. The minimum Gasteiger partial charge on any atom is -0.508 e. The van der Waals surface area contributed by atoms with Crippen LogP contribution >= 0.6 is 0 Å². The molecule has 0 spiro atoms. The van der Waals surface area contributed by atoms with Gasteiger partial charge in [0.1, 0.15) is 5.75 Å². The van der Waals surface area contributed by atoms with Gasteiger partial charge in [-0.2, -0.15) is 0 Å². The number of phenols is 1. The first-order valence-electron chi connectivity index (χ1n) is 3.83. The molecule has 13 heavy (non-hydrogen) atoms. The molecule has 0 heterocycles. The topological polar surface area (TPSA) is 40.5 Å². The van der Waals surface area contributed by atoms with E-state index in [2.05, 4.69) is 0 Å². The number of phenolic OH excluding ortho intramolecular Hbond substituents is 1. The van der Waals surface area contributed by atoms with Crippen LogP contribution in [0.2, 0.25) is 0 Å². The van der Waals surface area contributed by atoms with Crippen molar-refractivity contribution in [3.8, 4) is 5.75 Å². The molecular weight excluding hydrogens is 178 g/mol. The molecule has 1 aromatic rings. The van der Waals surface area contributed by atoms with E-state index in [1.807, 2.05) is 0 Å². The van der Waals surface area contributed by atoms with Crippen molar-refractivity contribution in [2.45, 2.75) is 12.3 Å². The lowest BCUT2D eigenvalue weighted by molar-refractivity contribution is 0.0810. The number of hydrogen-bond donors (Lipinski definition) is 2. The molecular formula is C9H10F2O2. The zero-order valence-corrected chi connectivity index (χ0v) is 6.82. The van der Waals surface area contributed by atoms with Gasteiger partial charge < -0.3 is 10.2 Å². The van der Waals surface area contributed by atoms with E-state index in [0.29, 0.717) is 5.56 Å². The Bertz CT molecular complexity index is 259. The van der Waals surface area contributed by atoms with Crippen LogP contribution in [-0.4, -0.2) is 23.2 Å². The summed E-state index contributed by atoms with van der Waals surface area (Å²) in [6, 6.07) is 5.39. The first-order valence-corrected chi connectivity index (χ1v) is 3.83. The molecule has 1 atom stereocenters. The Morgan fingerprint density at radius 2 is 1.69 bits per heavy atom. The Hall–Kier alpha value is -1.16. The van der Waals surface area contributed by atoms with E-state index in [1.54, 1.807) is 0 Å². The lowest BCUT2D eigenvalue weighted by Crippen LogP contribution is -2.13. The zero-order chi connectivity index (χ0) is 9.84. The molecule has 2 nitrogen and oxygen atoms in total. The molecule has 2 N–H and O–H groups in total. The van der Waals surface area contributed by atoms with Gasteiger partial charge in [-0.25, -0.2) is 8.78 Å². The molecule has 0 aromatic heterocycles. The summed E-state index contributed by atoms with van der Waals surface area (Å²) in [5, 5.41) is 17.6. The summed E-state index contributed by atoms with van der Waals surface area (Å²) in [6.07, 6.45) is -2.59. The van der Waals surface area contributed by atoms with Gasteiger partial charge in [-0.05, 0) is 17.7 Å². The molecule has 0 aliphatic carbocycles. The predicted molar refractivity (Wildman–Crippen MR) is 43.9 cm³/mol. The van der Waals surface area contributed by atoms with Gasteiger partial charge in [0.05, 0.1) is 12.5 Å². The lowest BCUT2D eigenvalue weighted by Gasteiger charge is -2.12. The van der Waals surface area contributed by atoms with E-state index in [0.717, 1.165) is 0 Å². The second-order valence-corrected chi connectivity index (χ2v) is 2.72. The monoisotopic (exact) mass is 188 g/mol. The summed E-state index contributed by atoms with van der Waals surface area (Å²) in [5.41, 5.74) is 0.329. The fourth-order valence-corrected chi connectivity index (χ4v) is 1.05. The average Bonchev–Trinajstić information content (AvgIpc) is 2.09. The third-order valence-corrected chi connectivity index (χ3v) is 1.82. The molecule has 0 aliphatic heterocycles. The van der Waals surface area contributed by atoms with Crippen LogP contribution in [0.3, 0.4) is 0 Å². The second-order valence-electron chi connectivity index (χ2n) is 2.72. The largest absolute Gasteiger partial charge is 0.508 e. The summed E-state index contributed by atoms with van der Waals surface area (Å²) in [6.45, 7) is -0.595. The van der Waals surface area contributed by atoms with E-state index in [9.17, 15) is 8.78 Å². The van der Waals surface area contributed by atoms with Gasteiger partial charge in [0, 0.05) is 0 Å². The second kappa shape index (κ2) is 4.18. The molecule has 0 saturated carbocycles. The fourth-order valence-electron chi connectivity index (χ4n) is 1.05. The Morgan fingerprint density at radius 3 is 2.08 bits per heavy atom. The summed E-state index contributed by atoms with van der Waals surface area (Å²) in [5.74, 6) is -1.14. The standard InChI is InChI=1S/C9H10F2O2/c10-9(11)8(5-12)6-1-3-7(13)4-2-6/h1-4,8-9,12-13H,5H2. The molecule has 1 aromatic carbocycles. The van der Waals surface area contributed by atoms with Crippen molar-refractivity contribution in [2.75, 3.05) is 6.61 Å². The van der Waals surface area contributed by atoms with Crippen LogP contribution in [0.25, 0.3) is 0 Å². The number of aliphatic hydroxyl groups is 1. The van der Waals surface area contributed by atoms with Crippen LogP contribution in [-0.2, 0) is 0 Å². The molecule has 0 aliphatic rings. The Kier molecular flexibility index (Phi) is 3.19. The van der Waals surface area contributed by atoms with Crippen LogP contribution in [0, 0.1) is 0 Å². The fraction of sp³-hybridized carbons (Fsp3) is 0.333. The van der Waals surface area contributed by atoms with Gasteiger partial charge >= 0.3 is 0 Å². The number of halogens is 2. The molecule has 4 heteroatoms. The van der Waals surface area contributed by atoms with Gasteiger partial charge in [0.15, 0.2) is 0 Å². The number of aliphatic hydroxyl groups excluding tert-OH is 1. The van der Waals surface area contributed by atoms with Crippen molar-refractivity contribution in [1.82, 2.24) is 0 Å². The van der Waals surface area contributed by atoms with Gasteiger partial charge in [0.25, 0.3) is 0 Å². The highest BCUT2D eigenvalue weighted by Gasteiger charge is 2.20. The van der Waals surface area contributed by atoms with E-state index in [1.165, 1.54) is 24.3 Å². The summed E-state index contributed by atoms with van der Waals surface area (Å²) < 4.78 is 24.5. The van der Waals surface area contributed by atoms with Crippen LogP contribution in [0.15, 0.2) is 24.3 Å². The predicted octanol–water partition coefficient (Wildman–Crippen LogP) is 1.73. The van der Waals surface area contributed by atoms with Crippen molar-refractivity contribution in [2.24, 2.45) is 0 Å². The van der Waals surface area contributed by atoms with Crippen LogP contribution in [0.5, 0.6) is 5.75 Å². The Balaban J connectivity index is 2.86. The van der Waals surface area contributed by atoms with Crippen molar-refractivity contribution in [1.29, 1.82) is 0 Å². The highest BCUT2D eigenvalue weighted by molar-refractivity contribution is 5.28. The number of hydrogen-bond acceptors (Lipinski definition) is 2. The number of benzene rings is 1. The van der Waals surface area contributed by atoms with Gasteiger partial charge in [-0.15, -0.1) is 0 Å². The SMILES string of the molecule is OCC(c1ccc(O)cc1)C(F)F. The van der Waals surface area contributed by atoms with Crippen molar-refractivity contribution >= 4 is 0 Å². The maximum absolute atomic E-state index is 12.3. The van der Waals surface area contributed by atoms with E-state index in [-0.39, 0.29) is 5.75 Å². The molecule has 0 fully saturated rings. The number of rotatable bonds is 3. The van der Waals surface area contributed by atoms with Crippen molar-refractivity contribution in [3.05, 3.63) is 29.8 Å². The summed E-state index contributed by atoms with van der Waals surface area (Å²) >= 11 is 0. The normalized spacial score (nSPS) is 13.2. The van der Waals surface area contributed by atoms with Crippen LogP contribution in [0.4, 0.5) is 8.78 Å². The molecule has 72 valence electrons. The minimum absolute atomic E-state index is 0.0229. The minimum atomic E-state index is -2.59. The van der Waals surface area contributed by atoms with Crippen LogP contribution in [0.1, 0.15) is 11.5 Å². The van der Waals surface area contributed by atoms with Crippen molar-refractivity contribution < 1.29 is 19.0 Å². The molecule has 0 saturated heterocycles. The van der Waals surface area contributed by atoms with E-state index < -0.39 is 19.0 Å². The molecule has 1 unspecified atom stereocenters. The quantitative estimate of drug-likeness (QED) is 0.758. The van der Waals surface area contributed by atoms with E-state index in [4.69, 9.17) is 10.2 Å². The molecule has 0 bridgehead atoms. The Morgan fingerprint density at radius 1 is 1.15 bits per heavy atom. The van der Waals surface area contributed by atoms with Crippen molar-refractivity contribution in [3.63, 3.8) is 0 Å². The maximum Gasteiger partial charge on any atom is 0.247 e. The summed E-state index contributed by atoms with van der Waals surface area (Å²) in [7, 11) is 0. The first-order chi connectivity index (χ1) is 6.15. The zero-order valence-electron chi connectivity index (χ0n) is 6.82. The van der Waals surface area contributed by atoms with Crippen LogP contribution < -0.4 is 0 Å². The van der Waals surface area contributed by atoms with Gasteiger partial charge in [-0.1, -0.05) is 12.1 Å². The van der Waals surface area contributed by atoms with Gasteiger partial charge in [-0.3, -0.25) is 0 Å². The van der Waals surface area contributed by atoms with E-state index >= 15 is 0 Å². The summed E-state index contributed by atoms with van der Waals surface area (Å²) in [4.78, 5) is 0. The highest BCUT2D eigenvalue weighted by atomic mass is 19.3. The molecule has 0 radical (unpaired) electrons. The van der Waals surface area contributed by atoms with Gasteiger partial charge in [0.2, 0.25) is 6.43 Å². The lowest BCUT2D eigenvalue weighted by atomic mass is 10.0. The third kappa shape index (κ3) is 2.39. The Labute approximate surface area is 74.4 Å². The molecule has 1 rings (SSSR count). The maximum atomic E-state index is 12.3. The molecule has 0 amide bonds. The average molecular weight is 188 g/mol. The smallest absolute Gasteiger partial charge is 0.247 e. The highest BCUT2D eigenvalue weighted by Crippen LogP contribution is 2.24.